The van der Waals surface area contributed by atoms with Crippen LogP contribution in [0.15, 0.2) is 48.8 Å². The number of methoxy groups -OCH3 is 1. The van der Waals surface area contributed by atoms with Gasteiger partial charge in [-0.2, -0.15) is 0 Å². The van der Waals surface area contributed by atoms with Gasteiger partial charge in [0.2, 0.25) is 5.91 Å². The van der Waals surface area contributed by atoms with Crippen LogP contribution in [-0.2, 0) is 9.53 Å². The molecule has 0 aliphatic carbocycles. The number of amides is 1. The Bertz CT molecular complexity index is 1300. The lowest BCUT2D eigenvalue weighted by Gasteiger charge is -2.33. The van der Waals surface area contributed by atoms with Crippen molar-refractivity contribution < 1.29 is 18.7 Å². The number of benzene rings is 2. The van der Waals surface area contributed by atoms with Gasteiger partial charge in [-0.05, 0) is 43.1 Å². The van der Waals surface area contributed by atoms with Crippen LogP contribution in [0.4, 0.5) is 21.6 Å². The molecule has 2 unspecified atom stereocenters. The number of fused-ring (bicyclic) bond motifs is 2. The van der Waals surface area contributed by atoms with E-state index < -0.39 is 5.82 Å². The van der Waals surface area contributed by atoms with Gasteiger partial charge in [-0.15, -0.1) is 0 Å². The van der Waals surface area contributed by atoms with Gasteiger partial charge in [0.1, 0.15) is 23.7 Å². The summed E-state index contributed by atoms with van der Waals surface area (Å²) in [7, 11) is 1.53. The van der Waals surface area contributed by atoms with Gasteiger partial charge in [0, 0.05) is 48.8 Å². The van der Waals surface area contributed by atoms with Crippen molar-refractivity contribution >= 4 is 45.6 Å². The summed E-state index contributed by atoms with van der Waals surface area (Å²) in [6, 6.07) is 7.79. The lowest BCUT2D eigenvalue weighted by Crippen LogP contribution is -2.39. The summed E-state index contributed by atoms with van der Waals surface area (Å²) < 4.78 is 24.6. The van der Waals surface area contributed by atoms with E-state index in [0.29, 0.717) is 52.2 Å². The number of ether oxygens (including phenoxy) is 2. The molecule has 3 heterocycles. The SMILES string of the molecule is COc1cc2ncnc(Nc3ccc(F)c(Cl)c3)c2cc1NC(=O)/C=C/CN1CCC2COCC2C1. The zero-order valence-corrected chi connectivity index (χ0v) is 20.6. The summed E-state index contributed by atoms with van der Waals surface area (Å²) in [5.41, 5.74) is 1.67. The molecule has 2 aromatic carbocycles. The molecule has 3 aromatic rings. The molecule has 1 amide bonds. The zero-order chi connectivity index (χ0) is 25.1. The molecule has 10 heteroatoms. The van der Waals surface area contributed by atoms with E-state index in [9.17, 15) is 9.18 Å². The Balaban J connectivity index is 1.30. The molecule has 1 aromatic heterocycles. The minimum Gasteiger partial charge on any atom is -0.494 e. The van der Waals surface area contributed by atoms with E-state index >= 15 is 0 Å². The molecule has 2 saturated heterocycles. The molecule has 2 fully saturated rings. The standard InChI is InChI=1S/C26H27ClFN5O3/c1-35-24-11-22-19(26(30-15-29-22)31-18-4-5-21(28)20(27)9-18)10-23(24)32-25(34)3-2-7-33-8-6-16-13-36-14-17(16)12-33/h2-5,9-11,15-17H,6-8,12-14H2,1H3,(H,32,34)(H,29,30,31)/b3-2+. The normalized spacial score (nSPS) is 20.0. The quantitative estimate of drug-likeness (QED) is 0.447. The van der Waals surface area contributed by atoms with Crippen molar-refractivity contribution in [1.82, 2.24) is 14.9 Å². The zero-order valence-electron chi connectivity index (χ0n) is 19.8. The first-order valence-electron chi connectivity index (χ1n) is 11.8. The third kappa shape index (κ3) is 5.43. The molecule has 0 bridgehead atoms. The highest BCUT2D eigenvalue weighted by molar-refractivity contribution is 6.31. The third-order valence-electron chi connectivity index (χ3n) is 6.67. The van der Waals surface area contributed by atoms with Crippen molar-refractivity contribution in [3.05, 3.63) is 59.7 Å². The number of likely N-dealkylation sites (tertiary alicyclic amines) is 1. The molecule has 188 valence electrons. The molecular formula is C26H27ClFN5O3. The number of halogens is 2. The van der Waals surface area contributed by atoms with E-state index in [2.05, 4.69) is 25.5 Å². The van der Waals surface area contributed by atoms with E-state index in [1.807, 2.05) is 6.08 Å². The minimum absolute atomic E-state index is 0.000664. The first-order chi connectivity index (χ1) is 17.5. The number of carbonyl (C=O) groups excluding carboxylic acids is 1. The highest BCUT2D eigenvalue weighted by atomic mass is 35.5. The molecular weight excluding hydrogens is 485 g/mol. The molecule has 36 heavy (non-hydrogen) atoms. The predicted molar refractivity (Wildman–Crippen MR) is 137 cm³/mol. The van der Waals surface area contributed by atoms with Crippen LogP contribution >= 0.6 is 11.6 Å². The molecule has 5 rings (SSSR count). The largest absolute Gasteiger partial charge is 0.494 e. The molecule has 8 nitrogen and oxygen atoms in total. The van der Waals surface area contributed by atoms with Gasteiger partial charge in [-0.25, -0.2) is 14.4 Å². The smallest absolute Gasteiger partial charge is 0.248 e. The van der Waals surface area contributed by atoms with Crippen LogP contribution in [0.5, 0.6) is 5.75 Å². The Kier molecular flexibility index (Phi) is 7.31. The van der Waals surface area contributed by atoms with E-state index in [-0.39, 0.29) is 10.9 Å². The van der Waals surface area contributed by atoms with E-state index in [1.165, 1.54) is 25.6 Å². The summed E-state index contributed by atoms with van der Waals surface area (Å²) in [5, 5.41) is 6.68. The molecule has 0 saturated carbocycles. The topological polar surface area (TPSA) is 88.6 Å². The van der Waals surface area contributed by atoms with Crippen LogP contribution in [0.1, 0.15) is 6.42 Å². The molecule has 2 aliphatic rings. The maximum Gasteiger partial charge on any atom is 0.248 e. The number of carbonyl (C=O) groups is 1. The number of hydrogen-bond acceptors (Lipinski definition) is 7. The van der Waals surface area contributed by atoms with Crippen molar-refractivity contribution in [2.75, 3.05) is 50.6 Å². The summed E-state index contributed by atoms with van der Waals surface area (Å²) in [6.07, 6.45) is 5.98. The van der Waals surface area contributed by atoms with Gasteiger partial charge in [0.05, 0.1) is 29.9 Å². The average Bonchev–Trinajstić information content (AvgIpc) is 3.34. The monoisotopic (exact) mass is 511 g/mol. The fraction of sp³-hybridized carbons (Fsp3) is 0.346. The second kappa shape index (κ2) is 10.8. The molecule has 2 N–H and O–H groups in total. The van der Waals surface area contributed by atoms with E-state index in [1.54, 1.807) is 24.3 Å². The number of piperidine rings is 1. The van der Waals surface area contributed by atoms with Crippen molar-refractivity contribution in [3.8, 4) is 5.75 Å². The van der Waals surface area contributed by atoms with Crippen LogP contribution in [0.25, 0.3) is 10.9 Å². The summed E-state index contributed by atoms with van der Waals surface area (Å²) in [4.78, 5) is 23.7. The molecule has 2 atom stereocenters. The van der Waals surface area contributed by atoms with Crippen molar-refractivity contribution in [1.29, 1.82) is 0 Å². The van der Waals surface area contributed by atoms with Crippen LogP contribution in [0.3, 0.4) is 0 Å². The number of hydrogen-bond donors (Lipinski definition) is 2. The lowest BCUT2D eigenvalue weighted by atomic mass is 9.89. The average molecular weight is 512 g/mol. The predicted octanol–water partition coefficient (Wildman–Crippen LogP) is 4.64. The number of aromatic nitrogens is 2. The molecule has 0 radical (unpaired) electrons. The van der Waals surface area contributed by atoms with Gasteiger partial charge in [-0.1, -0.05) is 17.7 Å². The third-order valence-corrected chi connectivity index (χ3v) is 6.96. The Morgan fingerprint density at radius 2 is 2.14 bits per heavy atom. The Morgan fingerprint density at radius 1 is 1.28 bits per heavy atom. The number of nitrogens with zero attached hydrogens (tertiary/aromatic N) is 3. The van der Waals surface area contributed by atoms with Crippen LogP contribution in [0.2, 0.25) is 5.02 Å². The first-order valence-corrected chi connectivity index (χ1v) is 12.2. The van der Waals surface area contributed by atoms with Gasteiger partial charge < -0.3 is 20.1 Å². The number of anilines is 3. The first kappa shape index (κ1) is 24.4. The molecule has 2 aliphatic heterocycles. The van der Waals surface area contributed by atoms with Crippen LogP contribution < -0.4 is 15.4 Å². The lowest BCUT2D eigenvalue weighted by molar-refractivity contribution is -0.111. The van der Waals surface area contributed by atoms with Crippen LogP contribution in [0, 0.1) is 17.7 Å². The Morgan fingerprint density at radius 3 is 2.97 bits per heavy atom. The summed E-state index contributed by atoms with van der Waals surface area (Å²) in [6.45, 7) is 4.45. The maximum atomic E-state index is 13.5. The Hall–Kier alpha value is -3.27. The van der Waals surface area contributed by atoms with Gasteiger partial charge in [0.15, 0.2) is 0 Å². The van der Waals surface area contributed by atoms with Crippen molar-refractivity contribution in [2.45, 2.75) is 6.42 Å². The Labute approximate surface area is 213 Å². The van der Waals surface area contributed by atoms with E-state index in [4.69, 9.17) is 21.1 Å². The maximum absolute atomic E-state index is 13.5. The highest BCUT2D eigenvalue weighted by Gasteiger charge is 2.33. The highest BCUT2D eigenvalue weighted by Crippen LogP contribution is 2.34. The fourth-order valence-corrected chi connectivity index (χ4v) is 4.93. The second-order valence-electron chi connectivity index (χ2n) is 9.04. The minimum atomic E-state index is -0.505. The molecule has 0 spiro atoms. The summed E-state index contributed by atoms with van der Waals surface area (Å²) in [5.74, 6) is 1.46. The number of nitrogens with one attached hydrogen (secondary N) is 2. The van der Waals surface area contributed by atoms with Crippen molar-refractivity contribution in [2.24, 2.45) is 11.8 Å². The second-order valence-corrected chi connectivity index (χ2v) is 9.45. The van der Waals surface area contributed by atoms with Crippen molar-refractivity contribution in [3.63, 3.8) is 0 Å². The number of rotatable bonds is 7. The van der Waals surface area contributed by atoms with Gasteiger partial charge in [0.25, 0.3) is 0 Å². The fourth-order valence-electron chi connectivity index (χ4n) is 4.74. The van der Waals surface area contributed by atoms with Crippen LogP contribution in [-0.4, -0.2) is 60.7 Å². The van der Waals surface area contributed by atoms with Gasteiger partial charge >= 0.3 is 0 Å². The van der Waals surface area contributed by atoms with Gasteiger partial charge in [-0.3, -0.25) is 9.69 Å². The summed E-state index contributed by atoms with van der Waals surface area (Å²) >= 11 is 5.91. The van der Waals surface area contributed by atoms with E-state index in [0.717, 1.165) is 32.7 Å².